The van der Waals surface area contributed by atoms with E-state index in [1.807, 2.05) is 0 Å². The molecule has 0 aliphatic rings. The molecule has 0 spiro atoms. The molecule has 58 heavy (non-hydrogen) atoms. The maximum absolute atomic E-state index is 2.44. The second kappa shape index (κ2) is 12.9. The monoisotopic (exact) mass is 736 g/mol. The molecule has 0 saturated heterocycles. The zero-order valence-electron chi connectivity index (χ0n) is 31.7. The van der Waals surface area contributed by atoms with Crippen LogP contribution in [-0.2, 0) is 0 Å². The van der Waals surface area contributed by atoms with Crippen molar-refractivity contribution < 1.29 is 0 Å². The van der Waals surface area contributed by atoms with Crippen LogP contribution in [0.2, 0.25) is 0 Å². The van der Waals surface area contributed by atoms with E-state index in [4.69, 9.17) is 0 Å². The Hall–Kier alpha value is -7.68. The third kappa shape index (κ3) is 4.99. The molecule has 0 aliphatic heterocycles. The summed E-state index contributed by atoms with van der Waals surface area (Å²) in [6, 6.07) is 80.0. The lowest BCUT2D eigenvalue weighted by Crippen LogP contribution is -1.97. The van der Waals surface area contributed by atoms with Gasteiger partial charge in [-0.1, -0.05) is 158 Å². The van der Waals surface area contributed by atoms with Crippen LogP contribution in [0.15, 0.2) is 218 Å². The number of hydrogen-bond donors (Lipinski definition) is 0. The zero-order chi connectivity index (χ0) is 38.2. The second-order valence-electron chi connectivity index (χ2n) is 15.3. The average molecular weight is 737 g/mol. The Labute approximate surface area is 336 Å². The van der Waals surface area contributed by atoms with E-state index in [9.17, 15) is 0 Å². The number of aromatic nitrogens is 2. The van der Waals surface area contributed by atoms with E-state index in [2.05, 4.69) is 228 Å². The van der Waals surface area contributed by atoms with Crippen LogP contribution in [0.5, 0.6) is 0 Å². The van der Waals surface area contributed by atoms with Gasteiger partial charge in [-0.15, -0.1) is 0 Å². The zero-order valence-corrected chi connectivity index (χ0v) is 31.7. The standard InChI is InChI=1S/C56H36N2/c1-2-15-37(16-3-1)44-21-8-11-26-51(44)58-53-28-13-10-25-48(53)50-36-39(30-32-55(50)58)38-29-31-54-49(35-38)47-24-9-12-27-52(47)57(54)43-20-14-19-42(34-43)56-45-22-6-4-17-40(45)33-41-18-5-7-23-46(41)56/h1-36H. The molecule has 10 aromatic carbocycles. The average Bonchev–Trinajstić information content (AvgIpc) is 3.80. The first-order valence-corrected chi connectivity index (χ1v) is 20.0. The van der Waals surface area contributed by atoms with E-state index >= 15 is 0 Å². The summed E-state index contributed by atoms with van der Waals surface area (Å²) in [5.74, 6) is 0. The number of benzene rings is 10. The van der Waals surface area contributed by atoms with Gasteiger partial charge in [0, 0.05) is 32.8 Å². The van der Waals surface area contributed by atoms with Crippen molar-refractivity contribution in [1.82, 2.24) is 9.13 Å². The van der Waals surface area contributed by atoms with Gasteiger partial charge < -0.3 is 9.13 Å². The number of nitrogens with zero attached hydrogens (tertiary/aromatic N) is 2. The smallest absolute Gasteiger partial charge is 0.0541 e. The molecule has 12 aromatic rings. The van der Waals surface area contributed by atoms with Crippen molar-refractivity contribution in [2.45, 2.75) is 0 Å². The van der Waals surface area contributed by atoms with Crippen molar-refractivity contribution in [3.63, 3.8) is 0 Å². The minimum atomic E-state index is 1.15. The third-order valence-corrected chi connectivity index (χ3v) is 12.1. The quantitative estimate of drug-likeness (QED) is 0.156. The first-order chi connectivity index (χ1) is 28.8. The van der Waals surface area contributed by atoms with Crippen molar-refractivity contribution in [3.8, 4) is 44.8 Å². The van der Waals surface area contributed by atoms with Crippen molar-refractivity contribution in [2.75, 3.05) is 0 Å². The Morgan fingerprint density at radius 3 is 1.43 bits per heavy atom. The molecule has 0 fully saturated rings. The van der Waals surface area contributed by atoms with E-state index in [0.29, 0.717) is 0 Å². The summed E-state index contributed by atoms with van der Waals surface area (Å²) in [5.41, 5.74) is 14.5. The Morgan fingerprint density at radius 1 is 0.259 bits per heavy atom. The van der Waals surface area contributed by atoms with Crippen molar-refractivity contribution in [2.24, 2.45) is 0 Å². The molecular formula is C56H36N2. The van der Waals surface area contributed by atoms with Gasteiger partial charge in [-0.3, -0.25) is 0 Å². The van der Waals surface area contributed by atoms with Gasteiger partial charge in [0.15, 0.2) is 0 Å². The van der Waals surface area contributed by atoms with Gasteiger partial charge in [0.2, 0.25) is 0 Å². The Kier molecular flexibility index (Phi) is 7.26. The van der Waals surface area contributed by atoms with Crippen LogP contribution in [0, 0.1) is 0 Å². The molecule has 0 saturated carbocycles. The lowest BCUT2D eigenvalue weighted by Gasteiger charge is -2.15. The second-order valence-corrected chi connectivity index (χ2v) is 15.3. The third-order valence-electron chi connectivity index (χ3n) is 12.1. The molecule has 0 atom stereocenters. The van der Waals surface area contributed by atoms with Gasteiger partial charge in [0.1, 0.15) is 0 Å². The van der Waals surface area contributed by atoms with Gasteiger partial charge in [-0.25, -0.2) is 0 Å². The maximum atomic E-state index is 2.44. The number of fused-ring (bicyclic) bond motifs is 8. The molecule has 0 radical (unpaired) electrons. The van der Waals surface area contributed by atoms with Crippen LogP contribution in [0.3, 0.4) is 0 Å². The number of para-hydroxylation sites is 3. The highest BCUT2D eigenvalue weighted by Gasteiger charge is 2.18. The molecule has 270 valence electrons. The highest BCUT2D eigenvalue weighted by atomic mass is 15.0. The van der Waals surface area contributed by atoms with Crippen LogP contribution >= 0.6 is 0 Å². The first kappa shape index (κ1) is 32.6. The van der Waals surface area contributed by atoms with Gasteiger partial charge >= 0.3 is 0 Å². The summed E-state index contributed by atoms with van der Waals surface area (Å²) < 4.78 is 4.87. The Balaban J connectivity index is 1.02. The molecule has 0 unspecified atom stereocenters. The number of hydrogen-bond acceptors (Lipinski definition) is 0. The highest BCUT2D eigenvalue weighted by Crippen LogP contribution is 2.41. The molecular weight excluding hydrogens is 701 g/mol. The molecule has 0 aliphatic carbocycles. The van der Waals surface area contributed by atoms with Crippen LogP contribution < -0.4 is 0 Å². The fourth-order valence-electron chi connectivity index (χ4n) is 9.50. The molecule has 2 heterocycles. The molecule has 0 N–H and O–H groups in total. The van der Waals surface area contributed by atoms with E-state index in [0.717, 1.165) is 5.69 Å². The first-order valence-electron chi connectivity index (χ1n) is 20.0. The summed E-state index contributed by atoms with van der Waals surface area (Å²) in [5, 5.41) is 10.0. The topological polar surface area (TPSA) is 9.86 Å². The van der Waals surface area contributed by atoms with E-state index in [1.165, 1.54) is 104 Å². The molecule has 2 aromatic heterocycles. The van der Waals surface area contributed by atoms with E-state index < -0.39 is 0 Å². The van der Waals surface area contributed by atoms with Crippen LogP contribution in [0.4, 0.5) is 0 Å². The minimum Gasteiger partial charge on any atom is -0.309 e. The molecule has 0 bridgehead atoms. The summed E-state index contributed by atoms with van der Waals surface area (Å²) >= 11 is 0. The molecule has 0 amide bonds. The van der Waals surface area contributed by atoms with E-state index in [1.54, 1.807) is 0 Å². The fraction of sp³-hybridized carbons (Fsp3) is 0. The Morgan fingerprint density at radius 2 is 0.759 bits per heavy atom. The molecule has 12 rings (SSSR count). The van der Waals surface area contributed by atoms with Crippen molar-refractivity contribution in [3.05, 3.63) is 218 Å². The van der Waals surface area contributed by atoms with Crippen LogP contribution in [-0.4, -0.2) is 9.13 Å². The summed E-state index contributed by atoms with van der Waals surface area (Å²) in [7, 11) is 0. The lowest BCUT2D eigenvalue weighted by molar-refractivity contribution is 1.18. The lowest BCUT2D eigenvalue weighted by atomic mass is 9.92. The Bertz CT molecular complexity index is 3510. The summed E-state index contributed by atoms with van der Waals surface area (Å²) in [4.78, 5) is 0. The maximum Gasteiger partial charge on any atom is 0.0541 e. The summed E-state index contributed by atoms with van der Waals surface area (Å²) in [6.45, 7) is 0. The van der Waals surface area contributed by atoms with Gasteiger partial charge in [0.05, 0.1) is 27.8 Å². The fourth-order valence-corrected chi connectivity index (χ4v) is 9.50. The summed E-state index contributed by atoms with van der Waals surface area (Å²) in [6.07, 6.45) is 0. The van der Waals surface area contributed by atoms with Gasteiger partial charge in [0.25, 0.3) is 0 Å². The highest BCUT2D eigenvalue weighted by molar-refractivity contribution is 6.15. The SMILES string of the molecule is c1ccc(-c2ccccc2-n2c3ccccc3c3cc(-c4ccc5c(c4)c4ccccc4n5-c4cccc(-c5c6ccccc6cc6ccccc56)c4)ccc32)cc1. The van der Waals surface area contributed by atoms with Crippen LogP contribution in [0.25, 0.3) is 110 Å². The number of rotatable bonds is 5. The van der Waals surface area contributed by atoms with E-state index in [-0.39, 0.29) is 0 Å². The van der Waals surface area contributed by atoms with Gasteiger partial charge in [-0.2, -0.15) is 0 Å². The molecule has 2 heteroatoms. The predicted octanol–water partition coefficient (Wildman–Crippen LogP) is 15.2. The minimum absolute atomic E-state index is 1.15. The predicted molar refractivity (Wildman–Crippen MR) is 246 cm³/mol. The molecule has 2 nitrogen and oxygen atoms in total. The van der Waals surface area contributed by atoms with Crippen molar-refractivity contribution in [1.29, 1.82) is 0 Å². The van der Waals surface area contributed by atoms with Crippen molar-refractivity contribution >= 4 is 65.2 Å². The normalized spacial score (nSPS) is 11.8. The largest absolute Gasteiger partial charge is 0.309 e. The van der Waals surface area contributed by atoms with Gasteiger partial charge in [-0.05, 0) is 110 Å². The van der Waals surface area contributed by atoms with Crippen LogP contribution in [0.1, 0.15) is 0 Å².